The number of amides is 2. The van der Waals surface area contributed by atoms with Crippen molar-refractivity contribution < 1.29 is 14.0 Å². The number of hydrogen-bond acceptors (Lipinski definition) is 3. The molecule has 5 heteroatoms. The molecule has 0 fully saturated rings. The molecule has 5 nitrogen and oxygen atoms in total. The Balaban J connectivity index is 1.58. The number of hydrogen-bond donors (Lipinski definition) is 1. The molecule has 1 aliphatic heterocycles. The number of rotatable bonds is 2. The van der Waals surface area contributed by atoms with E-state index in [1.54, 1.807) is 6.07 Å². The van der Waals surface area contributed by atoms with E-state index in [4.69, 9.17) is 4.42 Å². The van der Waals surface area contributed by atoms with Crippen LogP contribution in [0.25, 0.3) is 11.0 Å². The van der Waals surface area contributed by atoms with Gasteiger partial charge in [-0.3, -0.25) is 9.59 Å². The first kappa shape index (κ1) is 17.3. The summed E-state index contributed by atoms with van der Waals surface area (Å²) in [4.78, 5) is 27.1. The molecule has 138 valence electrons. The van der Waals surface area contributed by atoms with Gasteiger partial charge in [-0.05, 0) is 36.2 Å². The molecule has 2 aromatic carbocycles. The van der Waals surface area contributed by atoms with E-state index in [2.05, 4.69) is 5.32 Å². The van der Waals surface area contributed by atoms with Crippen LogP contribution < -0.4 is 10.2 Å². The Kier molecular flexibility index (Phi) is 4.02. The average Bonchev–Trinajstić information content (AvgIpc) is 3.24. The number of carbonyl (C=O) groups is 2. The number of benzene rings is 2. The Labute approximate surface area is 158 Å². The van der Waals surface area contributed by atoms with E-state index < -0.39 is 5.41 Å². The molecule has 1 aliphatic rings. The summed E-state index contributed by atoms with van der Waals surface area (Å²) in [5.74, 6) is 0.0409. The molecule has 0 unspecified atom stereocenters. The van der Waals surface area contributed by atoms with Crippen LogP contribution in [-0.2, 0) is 11.2 Å². The molecule has 1 N–H and O–H groups in total. The molecule has 0 atom stereocenters. The van der Waals surface area contributed by atoms with Crippen molar-refractivity contribution in [3.63, 3.8) is 0 Å². The quantitative estimate of drug-likeness (QED) is 0.723. The summed E-state index contributed by atoms with van der Waals surface area (Å²) >= 11 is 0. The van der Waals surface area contributed by atoms with E-state index in [1.165, 1.54) is 0 Å². The van der Waals surface area contributed by atoms with Crippen molar-refractivity contribution >= 4 is 34.2 Å². The van der Waals surface area contributed by atoms with Gasteiger partial charge in [0.25, 0.3) is 5.91 Å². The van der Waals surface area contributed by atoms with Crippen molar-refractivity contribution in [3.8, 4) is 0 Å². The van der Waals surface area contributed by atoms with Crippen LogP contribution >= 0.6 is 0 Å². The van der Waals surface area contributed by atoms with E-state index >= 15 is 0 Å². The van der Waals surface area contributed by atoms with Crippen molar-refractivity contribution in [1.82, 2.24) is 0 Å². The van der Waals surface area contributed by atoms with Crippen LogP contribution in [0.1, 0.15) is 36.9 Å². The van der Waals surface area contributed by atoms with Gasteiger partial charge in [0.1, 0.15) is 5.58 Å². The first-order chi connectivity index (χ1) is 12.8. The highest BCUT2D eigenvalue weighted by molar-refractivity contribution is 6.05. The zero-order valence-corrected chi connectivity index (χ0v) is 15.7. The summed E-state index contributed by atoms with van der Waals surface area (Å²) in [6.07, 6.45) is 0.828. The van der Waals surface area contributed by atoms with Crippen LogP contribution in [0.3, 0.4) is 0 Å². The van der Waals surface area contributed by atoms with Gasteiger partial charge >= 0.3 is 0 Å². The SMILES string of the molecule is CC(C)(C)C(=O)N1CCc2ccc(NC(=O)c3cc4ccccc4o3)cc21. The fraction of sp³-hybridized carbons (Fsp3) is 0.273. The van der Waals surface area contributed by atoms with Gasteiger partial charge in [0.15, 0.2) is 5.76 Å². The number of nitrogens with one attached hydrogen (secondary N) is 1. The first-order valence-electron chi connectivity index (χ1n) is 9.08. The van der Waals surface area contributed by atoms with Gasteiger partial charge in [0.05, 0.1) is 0 Å². The fourth-order valence-electron chi connectivity index (χ4n) is 3.36. The first-order valence-corrected chi connectivity index (χ1v) is 9.08. The zero-order chi connectivity index (χ0) is 19.2. The second kappa shape index (κ2) is 6.27. The van der Waals surface area contributed by atoms with Crippen LogP contribution in [0.15, 0.2) is 52.9 Å². The number of anilines is 2. The molecule has 0 bridgehead atoms. The Morgan fingerprint density at radius 1 is 1.07 bits per heavy atom. The standard InChI is InChI=1S/C22H22N2O3/c1-22(2,3)21(26)24-11-10-14-8-9-16(13-17(14)24)23-20(25)19-12-15-6-4-5-7-18(15)27-19/h4-9,12-13H,10-11H2,1-3H3,(H,23,25). The second-order valence-corrected chi connectivity index (χ2v) is 7.90. The van der Waals surface area contributed by atoms with Gasteiger partial charge in [0, 0.05) is 28.7 Å². The number of nitrogens with zero attached hydrogens (tertiary/aromatic N) is 1. The molecule has 1 aromatic heterocycles. The summed E-state index contributed by atoms with van der Waals surface area (Å²) in [5, 5.41) is 3.76. The second-order valence-electron chi connectivity index (χ2n) is 7.90. The highest BCUT2D eigenvalue weighted by Crippen LogP contribution is 2.34. The van der Waals surface area contributed by atoms with Gasteiger partial charge in [-0.15, -0.1) is 0 Å². The molecule has 0 aliphatic carbocycles. The predicted molar refractivity (Wildman–Crippen MR) is 106 cm³/mol. The van der Waals surface area contributed by atoms with Gasteiger partial charge in [0.2, 0.25) is 5.91 Å². The molecule has 0 spiro atoms. The minimum Gasteiger partial charge on any atom is -0.451 e. The van der Waals surface area contributed by atoms with Gasteiger partial charge in [-0.2, -0.15) is 0 Å². The van der Waals surface area contributed by atoms with Crippen LogP contribution in [-0.4, -0.2) is 18.4 Å². The van der Waals surface area contributed by atoms with E-state index in [-0.39, 0.29) is 17.6 Å². The predicted octanol–water partition coefficient (Wildman–Crippen LogP) is 4.62. The third-order valence-corrected chi connectivity index (χ3v) is 4.77. The molecule has 3 aromatic rings. The van der Waals surface area contributed by atoms with Crippen molar-refractivity contribution in [2.45, 2.75) is 27.2 Å². The molecule has 0 saturated heterocycles. The van der Waals surface area contributed by atoms with E-state index in [9.17, 15) is 9.59 Å². The van der Waals surface area contributed by atoms with E-state index in [1.807, 2.05) is 68.1 Å². The number of fused-ring (bicyclic) bond motifs is 2. The maximum atomic E-state index is 12.7. The van der Waals surface area contributed by atoms with Crippen LogP contribution in [0, 0.1) is 5.41 Å². The minimum absolute atomic E-state index is 0.0852. The molecule has 0 saturated carbocycles. The van der Waals surface area contributed by atoms with Crippen molar-refractivity contribution in [1.29, 1.82) is 0 Å². The third kappa shape index (κ3) is 3.21. The zero-order valence-electron chi connectivity index (χ0n) is 15.7. The largest absolute Gasteiger partial charge is 0.451 e. The normalized spacial score (nSPS) is 13.7. The van der Waals surface area contributed by atoms with Crippen molar-refractivity contribution in [2.75, 3.05) is 16.8 Å². The summed E-state index contributed by atoms with van der Waals surface area (Å²) in [6, 6.07) is 14.9. The maximum absolute atomic E-state index is 12.7. The Hall–Kier alpha value is -3.08. The van der Waals surface area contributed by atoms with Gasteiger partial charge in [-0.1, -0.05) is 45.0 Å². The van der Waals surface area contributed by atoms with Crippen molar-refractivity contribution in [2.24, 2.45) is 5.41 Å². The summed E-state index contributed by atoms with van der Waals surface area (Å²) < 4.78 is 5.62. The molecule has 0 radical (unpaired) electrons. The lowest BCUT2D eigenvalue weighted by Gasteiger charge is -2.26. The van der Waals surface area contributed by atoms with Gasteiger partial charge < -0.3 is 14.6 Å². The fourth-order valence-corrected chi connectivity index (χ4v) is 3.36. The molecular formula is C22H22N2O3. The minimum atomic E-state index is -0.449. The monoisotopic (exact) mass is 362 g/mol. The molecule has 2 heterocycles. The molecule has 27 heavy (non-hydrogen) atoms. The molecule has 4 rings (SSSR count). The van der Waals surface area contributed by atoms with Crippen LogP contribution in [0.4, 0.5) is 11.4 Å². The summed E-state index contributed by atoms with van der Waals surface area (Å²) in [7, 11) is 0. The van der Waals surface area contributed by atoms with Crippen molar-refractivity contribution in [3.05, 3.63) is 59.9 Å². The summed E-state index contributed by atoms with van der Waals surface area (Å²) in [6.45, 7) is 6.42. The van der Waals surface area contributed by atoms with E-state index in [0.29, 0.717) is 17.8 Å². The third-order valence-electron chi connectivity index (χ3n) is 4.77. The van der Waals surface area contributed by atoms with Crippen LogP contribution in [0.5, 0.6) is 0 Å². The Morgan fingerprint density at radius 3 is 2.59 bits per heavy atom. The Bertz CT molecular complexity index is 1010. The topological polar surface area (TPSA) is 62.6 Å². The highest BCUT2D eigenvalue weighted by atomic mass is 16.3. The lowest BCUT2D eigenvalue weighted by molar-refractivity contribution is -0.125. The van der Waals surface area contributed by atoms with Crippen LogP contribution in [0.2, 0.25) is 0 Å². The lowest BCUT2D eigenvalue weighted by atomic mass is 9.94. The number of furan rings is 1. The highest BCUT2D eigenvalue weighted by Gasteiger charge is 2.32. The Morgan fingerprint density at radius 2 is 1.85 bits per heavy atom. The summed E-state index contributed by atoms with van der Waals surface area (Å²) in [5.41, 5.74) is 2.87. The maximum Gasteiger partial charge on any atom is 0.291 e. The number of para-hydroxylation sites is 1. The molecular weight excluding hydrogens is 340 g/mol. The lowest BCUT2D eigenvalue weighted by Crippen LogP contribution is -2.38. The average molecular weight is 362 g/mol. The van der Waals surface area contributed by atoms with E-state index in [0.717, 1.165) is 23.1 Å². The van der Waals surface area contributed by atoms with Gasteiger partial charge in [-0.25, -0.2) is 0 Å². The number of carbonyl (C=O) groups excluding carboxylic acids is 2. The molecule has 2 amide bonds. The smallest absolute Gasteiger partial charge is 0.291 e.